The Bertz CT molecular complexity index is 532. The number of nitrogens with one attached hydrogen (secondary N) is 2. The van der Waals surface area contributed by atoms with Gasteiger partial charge in [0.1, 0.15) is 0 Å². The molecule has 1 aromatic rings. The zero-order chi connectivity index (χ0) is 17.4. The van der Waals surface area contributed by atoms with Gasteiger partial charge in [-0.15, -0.1) is 0 Å². The summed E-state index contributed by atoms with van der Waals surface area (Å²) in [7, 11) is 0. The third-order valence-electron chi connectivity index (χ3n) is 4.60. The Kier molecular flexibility index (Phi) is 7.09. The molecule has 0 spiro atoms. The molecule has 0 bridgehead atoms. The standard InChI is InChI=1S/C18H33N5O/c1-4-19-17(21-14-18(24)9-6-5-7-10-18)20-11-8-12-23-16(3)13-15(2)22-23/h13,24H,4-12,14H2,1-3H3,(H2,19,20,21). The number of aliphatic hydroxyl groups is 1. The van der Waals surface area contributed by atoms with Crippen LogP contribution >= 0.6 is 0 Å². The Morgan fingerprint density at radius 3 is 2.67 bits per heavy atom. The van der Waals surface area contributed by atoms with Crippen LogP contribution < -0.4 is 10.6 Å². The van der Waals surface area contributed by atoms with Crippen molar-refractivity contribution in [3.63, 3.8) is 0 Å². The number of aromatic nitrogens is 2. The summed E-state index contributed by atoms with van der Waals surface area (Å²) in [6.07, 6.45) is 6.17. The van der Waals surface area contributed by atoms with Crippen molar-refractivity contribution in [3.8, 4) is 0 Å². The lowest BCUT2D eigenvalue weighted by Crippen LogP contribution is -2.41. The van der Waals surface area contributed by atoms with E-state index in [0.717, 1.165) is 63.4 Å². The molecule has 1 fully saturated rings. The Hall–Kier alpha value is -1.56. The van der Waals surface area contributed by atoms with E-state index in [1.807, 2.05) is 11.6 Å². The van der Waals surface area contributed by atoms with E-state index in [1.54, 1.807) is 0 Å². The number of aliphatic imine (C=N–C) groups is 1. The number of aryl methyl sites for hydroxylation is 3. The van der Waals surface area contributed by atoms with E-state index in [9.17, 15) is 5.11 Å². The van der Waals surface area contributed by atoms with Crippen LogP contribution in [-0.2, 0) is 6.54 Å². The van der Waals surface area contributed by atoms with Crippen LogP contribution in [0, 0.1) is 13.8 Å². The van der Waals surface area contributed by atoms with Gasteiger partial charge in [0.2, 0.25) is 0 Å². The van der Waals surface area contributed by atoms with Crippen LogP contribution in [0.2, 0.25) is 0 Å². The van der Waals surface area contributed by atoms with Gasteiger partial charge >= 0.3 is 0 Å². The largest absolute Gasteiger partial charge is 0.388 e. The minimum absolute atomic E-state index is 0.486. The van der Waals surface area contributed by atoms with Gasteiger partial charge in [0, 0.05) is 25.3 Å². The normalized spacial score (nSPS) is 17.8. The highest BCUT2D eigenvalue weighted by atomic mass is 16.3. The highest BCUT2D eigenvalue weighted by Gasteiger charge is 2.28. The van der Waals surface area contributed by atoms with Crippen molar-refractivity contribution in [2.24, 2.45) is 4.99 Å². The minimum atomic E-state index is -0.607. The topological polar surface area (TPSA) is 74.5 Å². The van der Waals surface area contributed by atoms with Gasteiger partial charge in [-0.2, -0.15) is 5.10 Å². The summed E-state index contributed by atoms with van der Waals surface area (Å²) in [5, 5.41) is 21.7. The number of hydrogen-bond acceptors (Lipinski definition) is 3. The van der Waals surface area contributed by atoms with Crippen LogP contribution in [0.15, 0.2) is 11.1 Å². The Morgan fingerprint density at radius 2 is 2.04 bits per heavy atom. The molecule has 0 radical (unpaired) electrons. The summed E-state index contributed by atoms with van der Waals surface area (Å²) in [6.45, 7) is 9.21. The maximum absolute atomic E-state index is 10.6. The average molecular weight is 335 g/mol. The van der Waals surface area contributed by atoms with E-state index in [4.69, 9.17) is 0 Å². The molecule has 0 aromatic carbocycles. The van der Waals surface area contributed by atoms with Crippen LogP contribution in [0.4, 0.5) is 0 Å². The van der Waals surface area contributed by atoms with Crippen molar-refractivity contribution >= 4 is 5.96 Å². The average Bonchev–Trinajstić information content (AvgIpc) is 2.87. The summed E-state index contributed by atoms with van der Waals surface area (Å²) < 4.78 is 2.05. The van der Waals surface area contributed by atoms with E-state index in [1.165, 1.54) is 12.1 Å². The van der Waals surface area contributed by atoms with E-state index >= 15 is 0 Å². The van der Waals surface area contributed by atoms with Crippen LogP contribution in [0.3, 0.4) is 0 Å². The first-order valence-electron chi connectivity index (χ1n) is 9.28. The van der Waals surface area contributed by atoms with Gasteiger partial charge in [-0.25, -0.2) is 0 Å². The first-order chi connectivity index (χ1) is 11.5. The van der Waals surface area contributed by atoms with E-state index < -0.39 is 5.60 Å². The molecule has 1 aliphatic rings. The van der Waals surface area contributed by atoms with Gasteiger partial charge in [-0.1, -0.05) is 19.3 Å². The van der Waals surface area contributed by atoms with E-state index in [0.29, 0.717) is 6.54 Å². The summed E-state index contributed by atoms with van der Waals surface area (Å²) in [6, 6.07) is 2.10. The van der Waals surface area contributed by atoms with Crippen LogP contribution in [0.25, 0.3) is 0 Å². The second-order valence-corrected chi connectivity index (χ2v) is 6.91. The molecule has 1 saturated carbocycles. The molecule has 1 aliphatic carbocycles. The van der Waals surface area contributed by atoms with Gasteiger partial charge in [0.25, 0.3) is 0 Å². The molecule has 0 aliphatic heterocycles. The molecule has 1 aromatic heterocycles. The SMILES string of the molecule is CCNC(=NCC1(O)CCCCC1)NCCCn1nc(C)cc1C. The quantitative estimate of drug-likeness (QED) is 0.405. The summed E-state index contributed by atoms with van der Waals surface area (Å²) >= 11 is 0. The van der Waals surface area contributed by atoms with Gasteiger partial charge in [0.05, 0.1) is 17.8 Å². The summed E-state index contributed by atoms with van der Waals surface area (Å²) in [4.78, 5) is 4.60. The van der Waals surface area contributed by atoms with Gasteiger partial charge in [-0.05, 0) is 46.1 Å². The summed E-state index contributed by atoms with van der Waals surface area (Å²) in [5.41, 5.74) is 1.66. The molecule has 0 saturated heterocycles. The first-order valence-corrected chi connectivity index (χ1v) is 9.28. The molecule has 1 heterocycles. The monoisotopic (exact) mass is 335 g/mol. The second-order valence-electron chi connectivity index (χ2n) is 6.91. The Balaban J connectivity index is 1.77. The molecule has 6 nitrogen and oxygen atoms in total. The van der Waals surface area contributed by atoms with Crippen molar-refractivity contribution in [2.45, 2.75) is 71.4 Å². The van der Waals surface area contributed by atoms with Gasteiger partial charge in [-0.3, -0.25) is 9.67 Å². The Labute approximate surface area is 145 Å². The highest BCUT2D eigenvalue weighted by Crippen LogP contribution is 2.28. The molecule has 6 heteroatoms. The van der Waals surface area contributed by atoms with Crippen LogP contribution in [-0.4, -0.2) is 46.1 Å². The zero-order valence-electron chi connectivity index (χ0n) is 15.4. The fraction of sp³-hybridized carbons (Fsp3) is 0.778. The molecule has 2 rings (SSSR count). The smallest absolute Gasteiger partial charge is 0.191 e. The van der Waals surface area contributed by atoms with Crippen molar-refractivity contribution in [1.29, 1.82) is 0 Å². The predicted octanol–water partition coefficient (Wildman–Crippen LogP) is 2.14. The fourth-order valence-corrected chi connectivity index (χ4v) is 3.27. The third-order valence-corrected chi connectivity index (χ3v) is 4.60. The molecule has 136 valence electrons. The lowest BCUT2D eigenvalue weighted by molar-refractivity contribution is 0.0131. The maximum Gasteiger partial charge on any atom is 0.191 e. The van der Waals surface area contributed by atoms with Gasteiger partial charge in [0.15, 0.2) is 5.96 Å². The number of nitrogens with zero attached hydrogens (tertiary/aromatic N) is 3. The van der Waals surface area contributed by atoms with E-state index in [-0.39, 0.29) is 0 Å². The van der Waals surface area contributed by atoms with Crippen molar-refractivity contribution < 1.29 is 5.11 Å². The molecule has 0 amide bonds. The molecule has 24 heavy (non-hydrogen) atoms. The van der Waals surface area contributed by atoms with Crippen molar-refractivity contribution in [1.82, 2.24) is 20.4 Å². The first kappa shape index (κ1) is 18.8. The number of guanidine groups is 1. The van der Waals surface area contributed by atoms with Crippen LogP contribution in [0.5, 0.6) is 0 Å². The molecule has 3 N–H and O–H groups in total. The fourth-order valence-electron chi connectivity index (χ4n) is 3.27. The number of rotatable bonds is 7. The Morgan fingerprint density at radius 1 is 1.29 bits per heavy atom. The molecular weight excluding hydrogens is 302 g/mol. The summed E-state index contributed by atoms with van der Waals surface area (Å²) in [5.74, 6) is 0.796. The second kappa shape index (κ2) is 9.06. The lowest BCUT2D eigenvalue weighted by Gasteiger charge is -2.30. The molecular formula is C18H33N5O. The third kappa shape index (κ3) is 5.82. The predicted molar refractivity (Wildman–Crippen MR) is 98.3 cm³/mol. The number of hydrogen-bond donors (Lipinski definition) is 3. The van der Waals surface area contributed by atoms with Crippen molar-refractivity contribution in [2.75, 3.05) is 19.6 Å². The van der Waals surface area contributed by atoms with Gasteiger partial charge < -0.3 is 15.7 Å². The van der Waals surface area contributed by atoms with Crippen LogP contribution in [0.1, 0.15) is 56.8 Å². The molecule has 0 atom stereocenters. The highest BCUT2D eigenvalue weighted by molar-refractivity contribution is 5.79. The zero-order valence-corrected chi connectivity index (χ0v) is 15.4. The molecule has 0 unspecified atom stereocenters. The lowest BCUT2D eigenvalue weighted by atomic mass is 9.85. The van der Waals surface area contributed by atoms with Crippen molar-refractivity contribution in [3.05, 3.63) is 17.5 Å². The minimum Gasteiger partial charge on any atom is -0.388 e. The maximum atomic E-state index is 10.6. The van der Waals surface area contributed by atoms with E-state index in [2.05, 4.69) is 40.6 Å².